The Morgan fingerprint density at radius 1 is 1.35 bits per heavy atom. The molecule has 0 aliphatic rings. The molecule has 2 rings (SSSR count). The maximum Gasteiger partial charge on any atom is 0.316 e. The summed E-state index contributed by atoms with van der Waals surface area (Å²) in [6.07, 6.45) is 0. The molecule has 0 aliphatic carbocycles. The van der Waals surface area contributed by atoms with Gasteiger partial charge in [-0.1, -0.05) is 5.10 Å². The van der Waals surface area contributed by atoms with Gasteiger partial charge in [-0.05, 0) is 38.1 Å². The zero-order valence-electron chi connectivity index (χ0n) is 13.0. The van der Waals surface area contributed by atoms with Crippen molar-refractivity contribution >= 4 is 10.0 Å². The van der Waals surface area contributed by atoms with Gasteiger partial charge in [0.05, 0.1) is 29.7 Å². The number of nitriles is 1. The second kappa shape index (κ2) is 6.76. The van der Waals surface area contributed by atoms with Crippen LogP contribution in [0.2, 0.25) is 0 Å². The highest BCUT2D eigenvalue weighted by molar-refractivity contribution is 7.89. The van der Waals surface area contributed by atoms with Crippen molar-refractivity contribution in [3.05, 3.63) is 35.7 Å². The van der Waals surface area contributed by atoms with Crippen LogP contribution in [0.5, 0.6) is 6.01 Å². The van der Waals surface area contributed by atoms with Crippen molar-refractivity contribution in [1.82, 2.24) is 19.5 Å². The molecule has 0 saturated carbocycles. The minimum Gasteiger partial charge on any atom is -0.467 e. The number of benzene rings is 1. The van der Waals surface area contributed by atoms with Crippen LogP contribution in [0.25, 0.3) is 0 Å². The summed E-state index contributed by atoms with van der Waals surface area (Å²) in [6.45, 7) is 4.11. The van der Waals surface area contributed by atoms with Crippen LogP contribution in [-0.2, 0) is 16.6 Å². The number of nitrogens with zero attached hydrogens (tertiary/aromatic N) is 4. The van der Waals surface area contributed by atoms with Crippen LogP contribution >= 0.6 is 0 Å². The highest BCUT2D eigenvalue weighted by atomic mass is 32.2. The number of sulfonamides is 1. The van der Waals surface area contributed by atoms with E-state index in [1.807, 2.05) is 13.0 Å². The van der Waals surface area contributed by atoms with Gasteiger partial charge in [-0.15, -0.1) is 5.10 Å². The lowest BCUT2D eigenvalue weighted by atomic mass is 10.2. The SMILES string of the molecule is CCn1c(OC)nnc1[C@@H](C)NS(=O)(=O)c1ccc(C#N)cc1. The van der Waals surface area contributed by atoms with E-state index in [9.17, 15) is 8.42 Å². The van der Waals surface area contributed by atoms with Gasteiger partial charge >= 0.3 is 6.01 Å². The van der Waals surface area contributed by atoms with E-state index in [4.69, 9.17) is 10.00 Å². The molecule has 0 spiro atoms. The monoisotopic (exact) mass is 335 g/mol. The molecule has 1 aromatic heterocycles. The maximum absolute atomic E-state index is 12.4. The molecule has 0 fully saturated rings. The van der Waals surface area contributed by atoms with Crippen molar-refractivity contribution in [2.75, 3.05) is 7.11 Å². The van der Waals surface area contributed by atoms with E-state index in [1.165, 1.54) is 31.4 Å². The molecule has 0 amide bonds. The zero-order valence-corrected chi connectivity index (χ0v) is 13.8. The molecule has 2 aromatic rings. The molecule has 23 heavy (non-hydrogen) atoms. The predicted molar refractivity (Wildman–Crippen MR) is 82.1 cm³/mol. The van der Waals surface area contributed by atoms with E-state index in [1.54, 1.807) is 11.5 Å². The predicted octanol–water partition coefficient (Wildman–Crippen LogP) is 1.22. The number of rotatable bonds is 6. The largest absolute Gasteiger partial charge is 0.467 e. The third-order valence-corrected chi connectivity index (χ3v) is 4.81. The second-order valence-electron chi connectivity index (χ2n) is 4.77. The number of nitrogens with one attached hydrogen (secondary N) is 1. The van der Waals surface area contributed by atoms with Crippen LogP contribution in [0.4, 0.5) is 0 Å². The van der Waals surface area contributed by atoms with E-state index in [0.29, 0.717) is 23.9 Å². The number of hydrogen-bond acceptors (Lipinski definition) is 6. The average molecular weight is 335 g/mol. The van der Waals surface area contributed by atoms with Crippen molar-refractivity contribution in [3.63, 3.8) is 0 Å². The maximum atomic E-state index is 12.4. The minimum atomic E-state index is -3.74. The van der Waals surface area contributed by atoms with E-state index in [2.05, 4.69) is 14.9 Å². The number of ether oxygens (including phenoxy) is 1. The van der Waals surface area contributed by atoms with Crippen molar-refractivity contribution in [1.29, 1.82) is 5.26 Å². The smallest absolute Gasteiger partial charge is 0.316 e. The first-order valence-corrected chi connectivity index (χ1v) is 8.40. The molecule has 0 unspecified atom stereocenters. The Morgan fingerprint density at radius 2 is 2.00 bits per heavy atom. The topological polar surface area (TPSA) is 110 Å². The van der Waals surface area contributed by atoms with Gasteiger partial charge in [0.2, 0.25) is 10.0 Å². The van der Waals surface area contributed by atoms with Gasteiger partial charge in [-0.25, -0.2) is 13.1 Å². The van der Waals surface area contributed by atoms with Gasteiger partial charge in [-0.2, -0.15) is 5.26 Å². The van der Waals surface area contributed by atoms with Gasteiger partial charge in [-0.3, -0.25) is 4.57 Å². The fraction of sp³-hybridized carbons (Fsp3) is 0.357. The summed E-state index contributed by atoms with van der Waals surface area (Å²) in [5, 5.41) is 16.6. The van der Waals surface area contributed by atoms with Crippen LogP contribution in [0, 0.1) is 11.3 Å². The molecular weight excluding hydrogens is 318 g/mol. The highest BCUT2D eigenvalue weighted by Crippen LogP contribution is 2.19. The second-order valence-corrected chi connectivity index (χ2v) is 6.48. The van der Waals surface area contributed by atoms with Crippen molar-refractivity contribution < 1.29 is 13.2 Å². The Kier molecular flexibility index (Phi) is 4.98. The Labute approximate surface area is 134 Å². The highest BCUT2D eigenvalue weighted by Gasteiger charge is 2.23. The first-order valence-electron chi connectivity index (χ1n) is 6.92. The fourth-order valence-electron chi connectivity index (χ4n) is 2.13. The normalized spacial score (nSPS) is 12.6. The summed E-state index contributed by atoms with van der Waals surface area (Å²) < 4.78 is 34.1. The summed E-state index contributed by atoms with van der Waals surface area (Å²) in [5.74, 6) is 0.460. The van der Waals surface area contributed by atoms with Crippen LogP contribution in [0.3, 0.4) is 0 Å². The standard InChI is InChI=1S/C14H17N5O3S/c1-4-19-13(16-17-14(19)22-3)10(2)18-23(20,21)12-7-5-11(9-15)6-8-12/h5-8,10,18H,4H2,1-3H3/t10-/m1/s1. The van der Waals surface area contributed by atoms with E-state index >= 15 is 0 Å². The Bertz CT molecular complexity index is 821. The average Bonchev–Trinajstić information content (AvgIpc) is 2.97. The van der Waals surface area contributed by atoms with Gasteiger partial charge < -0.3 is 4.74 Å². The van der Waals surface area contributed by atoms with Crippen molar-refractivity contribution in [3.8, 4) is 12.1 Å². The molecule has 0 radical (unpaired) electrons. The number of methoxy groups -OCH3 is 1. The number of hydrogen-bond donors (Lipinski definition) is 1. The van der Waals surface area contributed by atoms with Gasteiger partial charge in [0, 0.05) is 6.54 Å². The number of aromatic nitrogens is 3. The van der Waals surface area contributed by atoms with Crippen LogP contribution < -0.4 is 9.46 Å². The quantitative estimate of drug-likeness (QED) is 0.850. The molecule has 0 bridgehead atoms. The molecule has 1 atom stereocenters. The Balaban J connectivity index is 2.26. The van der Waals surface area contributed by atoms with E-state index < -0.39 is 16.1 Å². The first kappa shape index (κ1) is 16.9. The summed E-state index contributed by atoms with van der Waals surface area (Å²) in [4.78, 5) is 0.0814. The lowest BCUT2D eigenvalue weighted by Crippen LogP contribution is -2.29. The zero-order chi connectivity index (χ0) is 17.0. The molecule has 0 aliphatic heterocycles. The molecule has 122 valence electrons. The fourth-order valence-corrected chi connectivity index (χ4v) is 3.33. The van der Waals surface area contributed by atoms with Crippen molar-refractivity contribution in [2.24, 2.45) is 0 Å². The molecule has 1 heterocycles. The molecule has 0 saturated heterocycles. The van der Waals surface area contributed by atoms with Crippen molar-refractivity contribution in [2.45, 2.75) is 31.3 Å². The first-order chi connectivity index (χ1) is 10.9. The third kappa shape index (κ3) is 3.49. The molecule has 1 aromatic carbocycles. The summed E-state index contributed by atoms with van der Waals surface area (Å²) in [5.41, 5.74) is 0.396. The Morgan fingerprint density at radius 3 is 2.52 bits per heavy atom. The van der Waals surface area contributed by atoms with E-state index in [0.717, 1.165) is 0 Å². The van der Waals surface area contributed by atoms with Gasteiger partial charge in [0.15, 0.2) is 5.82 Å². The minimum absolute atomic E-state index is 0.0814. The van der Waals surface area contributed by atoms with Crippen LogP contribution in [0.1, 0.15) is 31.3 Å². The van der Waals surface area contributed by atoms with Crippen LogP contribution in [0.15, 0.2) is 29.2 Å². The lowest BCUT2D eigenvalue weighted by Gasteiger charge is -2.15. The molecule has 8 nitrogen and oxygen atoms in total. The summed E-state index contributed by atoms with van der Waals surface area (Å²) in [7, 11) is -2.26. The molecule has 9 heteroatoms. The summed E-state index contributed by atoms with van der Waals surface area (Å²) >= 11 is 0. The Hall–Kier alpha value is -2.44. The molecular formula is C14H17N5O3S. The molecule has 1 N–H and O–H groups in total. The van der Waals surface area contributed by atoms with Gasteiger partial charge in [0.25, 0.3) is 0 Å². The van der Waals surface area contributed by atoms with E-state index in [-0.39, 0.29) is 4.90 Å². The third-order valence-electron chi connectivity index (χ3n) is 3.26. The lowest BCUT2D eigenvalue weighted by molar-refractivity contribution is 0.354. The summed E-state index contributed by atoms with van der Waals surface area (Å²) in [6, 6.07) is 7.37. The van der Waals surface area contributed by atoms with Gasteiger partial charge in [0.1, 0.15) is 0 Å². The van der Waals surface area contributed by atoms with Crippen LogP contribution in [-0.4, -0.2) is 30.3 Å².